The summed E-state index contributed by atoms with van der Waals surface area (Å²) in [5, 5.41) is 10.1. The molecule has 2 aromatic heterocycles. The molecule has 0 saturated heterocycles. The lowest BCUT2D eigenvalue weighted by molar-refractivity contribution is -0.115. The molecule has 2 heterocycles. The molecule has 1 atom stereocenters. The first-order chi connectivity index (χ1) is 12.4. The van der Waals surface area contributed by atoms with Gasteiger partial charge in [-0.3, -0.25) is 4.79 Å². The van der Waals surface area contributed by atoms with Crippen molar-refractivity contribution in [2.24, 2.45) is 0 Å². The Labute approximate surface area is 151 Å². The molecular weight excluding hydrogens is 364 g/mol. The van der Waals surface area contributed by atoms with E-state index < -0.39 is 22.8 Å². The molecule has 1 aromatic carbocycles. The van der Waals surface area contributed by atoms with E-state index in [4.69, 9.17) is 10.3 Å². The van der Waals surface area contributed by atoms with Crippen LogP contribution in [0, 0.1) is 18.6 Å². The van der Waals surface area contributed by atoms with Crippen LogP contribution in [0.2, 0.25) is 0 Å². The fourth-order valence-electron chi connectivity index (χ4n) is 2.19. The van der Waals surface area contributed by atoms with Gasteiger partial charge in [-0.25, -0.2) is 13.5 Å². The van der Waals surface area contributed by atoms with Crippen molar-refractivity contribution in [1.82, 2.24) is 14.9 Å². The monoisotopic (exact) mass is 379 g/mol. The van der Waals surface area contributed by atoms with Gasteiger partial charge >= 0.3 is 0 Å². The van der Waals surface area contributed by atoms with Crippen LogP contribution in [0.15, 0.2) is 40.1 Å². The molecular formula is C16H15F2N5O2S. The molecule has 3 aromatic rings. The maximum absolute atomic E-state index is 13.6. The Balaban J connectivity index is 1.72. The van der Waals surface area contributed by atoms with Crippen LogP contribution in [0.4, 0.5) is 14.5 Å². The van der Waals surface area contributed by atoms with E-state index in [0.29, 0.717) is 28.4 Å². The lowest BCUT2D eigenvalue weighted by Gasteiger charge is -2.12. The number of hydrogen-bond donors (Lipinski definition) is 2. The van der Waals surface area contributed by atoms with Crippen molar-refractivity contribution in [3.63, 3.8) is 0 Å². The summed E-state index contributed by atoms with van der Waals surface area (Å²) in [5.41, 5.74) is 0.588. The fraction of sp³-hybridized carbons (Fsp3) is 0.188. The van der Waals surface area contributed by atoms with Gasteiger partial charge in [0.25, 0.3) is 0 Å². The molecule has 26 heavy (non-hydrogen) atoms. The summed E-state index contributed by atoms with van der Waals surface area (Å²) >= 11 is 1.06. The van der Waals surface area contributed by atoms with Crippen LogP contribution >= 0.6 is 11.8 Å². The standard InChI is InChI=1S/C16H15F2N5O2S/c1-8-11(5-6-25-8)14-21-22-16(23(14)19)26-9(2)15(24)20-13-4-3-10(17)7-12(13)18/h3-7,9H,19H2,1-2H3,(H,20,24). The van der Waals surface area contributed by atoms with Crippen molar-refractivity contribution in [3.8, 4) is 11.4 Å². The highest BCUT2D eigenvalue weighted by Gasteiger charge is 2.22. The van der Waals surface area contributed by atoms with Crippen LogP contribution in [0.1, 0.15) is 12.7 Å². The Morgan fingerprint density at radius 3 is 2.77 bits per heavy atom. The molecule has 1 unspecified atom stereocenters. The van der Waals surface area contributed by atoms with Crippen molar-refractivity contribution in [2.75, 3.05) is 11.2 Å². The number of thioether (sulfide) groups is 1. The van der Waals surface area contributed by atoms with Gasteiger partial charge in [0.05, 0.1) is 22.8 Å². The normalized spacial score (nSPS) is 12.2. The first kappa shape index (κ1) is 17.9. The van der Waals surface area contributed by atoms with Crippen LogP contribution in [-0.4, -0.2) is 26.0 Å². The zero-order valence-electron chi connectivity index (χ0n) is 13.9. The quantitative estimate of drug-likeness (QED) is 0.522. The summed E-state index contributed by atoms with van der Waals surface area (Å²) in [6.07, 6.45) is 1.51. The second-order valence-corrected chi connectivity index (χ2v) is 6.75. The predicted octanol–water partition coefficient (Wildman–Crippen LogP) is 2.96. The van der Waals surface area contributed by atoms with Gasteiger partial charge in [-0.2, -0.15) is 0 Å². The summed E-state index contributed by atoms with van der Waals surface area (Å²) in [6.45, 7) is 3.38. The number of anilines is 1. The third-order valence-electron chi connectivity index (χ3n) is 3.60. The van der Waals surface area contributed by atoms with E-state index in [1.807, 2.05) is 0 Å². The second kappa shape index (κ2) is 7.16. The molecule has 0 bridgehead atoms. The third-order valence-corrected chi connectivity index (χ3v) is 4.66. The van der Waals surface area contributed by atoms with E-state index in [0.717, 1.165) is 23.9 Å². The van der Waals surface area contributed by atoms with Crippen molar-refractivity contribution < 1.29 is 18.0 Å². The number of hydrogen-bond acceptors (Lipinski definition) is 6. The number of halogens is 2. The van der Waals surface area contributed by atoms with Gasteiger partial charge in [0.1, 0.15) is 17.4 Å². The average Bonchev–Trinajstić information content (AvgIpc) is 3.16. The third kappa shape index (κ3) is 3.54. The van der Waals surface area contributed by atoms with Crippen molar-refractivity contribution in [1.29, 1.82) is 0 Å². The molecule has 3 N–H and O–H groups in total. The number of nitrogens with zero attached hydrogens (tertiary/aromatic N) is 3. The smallest absolute Gasteiger partial charge is 0.237 e. The Kier molecular flexibility index (Phi) is 4.94. The van der Waals surface area contributed by atoms with Crippen LogP contribution in [0.25, 0.3) is 11.4 Å². The molecule has 0 aliphatic heterocycles. The van der Waals surface area contributed by atoms with Gasteiger partial charge in [-0.1, -0.05) is 11.8 Å². The Hall–Kier alpha value is -2.88. The number of nitrogens with two attached hydrogens (primary N) is 1. The molecule has 0 aliphatic rings. The summed E-state index contributed by atoms with van der Waals surface area (Å²) in [6, 6.07) is 4.63. The number of amides is 1. The van der Waals surface area contributed by atoms with E-state index in [-0.39, 0.29) is 5.69 Å². The fourth-order valence-corrected chi connectivity index (χ4v) is 2.97. The Morgan fingerprint density at radius 2 is 2.12 bits per heavy atom. The molecule has 0 aliphatic carbocycles. The highest BCUT2D eigenvalue weighted by Crippen LogP contribution is 2.27. The lowest BCUT2D eigenvalue weighted by atomic mass is 10.2. The number of aromatic nitrogens is 3. The Morgan fingerprint density at radius 1 is 1.35 bits per heavy atom. The lowest BCUT2D eigenvalue weighted by Crippen LogP contribution is -2.24. The first-order valence-corrected chi connectivity index (χ1v) is 8.42. The number of nitrogens with one attached hydrogen (secondary N) is 1. The van der Waals surface area contributed by atoms with Gasteiger partial charge in [0, 0.05) is 6.07 Å². The number of carbonyl (C=O) groups excluding carboxylic acids is 1. The van der Waals surface area contributed by atoms with Crippen LogP contribution in [0.3, 0.4) is 0 Å². The minimum Gasteiger partial charge on any atom is -0.469 e. The predicted molar refractivity (Wildman–Crippen MR) is 92.9 cm³/mol. The number of aryl methyl sites for hydroxylation is 1. The zero-order chi connectivity index (χ0) is 18.8. The van der Waals surface area contributed by atoms with Gasteiger partial charge in [0.15, 0.2) is 5.82 Å². The number of nitrogen functional groups attached to an aromatic ring is 1. The number of rotatable bonds is 5. The number of benzene rings is 1. The van der Waals surface area contributed by atoms with Crippen LogP contribution < -0.4 is 11.2 Å². The zero-order valence-corrected chi connectivity index (χ0v) is 14.7. The second-order valence-electron chi connectivity index (χ2n) is 5.44. The molecule has 136 valence electrons. The molecule has 10 heteroatoms. The maximum Gasteiger partial charge on any atom is 0.237 e. The van der Waals surface area contributed by atoms with E-state index in [9.17, 15) is 13.6 Å². The minimum absolute atomic E-state index is 0.104. The van der Waals surface area contributed by atoms with Gasteiger partial charge in [0.2, 0.25) is 11.1 Å². The summed E-state index contributed by atoms with van der Waals surface area (Å²) in [5.74, 6) is 4.98. The van der Waals surface area contributed by atoms with Gasteiger partial charge in [-0.15, -0.1) is 10.2 Å². The van der Waals surface area contributed by atoms with Crippen LogP contribution in [0.5, 0.6) is 0 Å². The molecule has 7 nitrogen and oxygen atoms in total. The highest BCUT2D eigenvalue weighted by molar-refractivity contribution is 8.00. The molecule has 0 radical (unpaired) electrons. The maximum atomic E-state index is 13.6. The van der Waals surface area contributed by atoms with Crippen molar-refractivity contribution in [3.05, 3.63) is 47.9 Å². The summed E-state index contributed by atoms with van der Waals surface area (Å²) < 4.78 is 33.0. The number of carbonyl (C=O) groups is 1. The van der Waals surface area contributed by atoms with Gasteiger partial charge < -0.3 is 15.6 Å². The van der Waals surface area contributed by atoms with Gasteiger partial charge in [-0.05, 0) is 32.0 Å². The minimum atomic E-state index is -0.852. The number of furan rings is 1. The molecule has 3 rings (SSSR count). The molecule has 0 saturated carbocycles. The molecule has 0 fully saturated rings. The largest absolute Gasteiger partial charge is 0.469 e. The Bertz CT molecular complexity index is 956. The van der Waals surface area contributed by atoms with E-state index in [2.05, 4.69) is 15.5 Å². The van der Waals surface area contributed by atoms with E-state index in [1.54, 1.807) is 19.9 Å². The van der Waals surface area contributed by atoms with Crippen molar-refractivity contribution in [2.45, 2.75) is 24.3 Å². The van der Waals surface area contributed by atoms with Crippen molar-refractivity contribution >= 4 is 23.4 Å². The topological polar surface area (TPSA) is 99.0 Å². The van der Waals surface area contributed by atoms with E-state index >= 15 is 0 Å². The SMILES string of the molecule is Cc1occc1-c1nnc(SC(C)C(=O)Nc2ccc(F)cc2F)n1N. The summed E-state index contributed by atoms with van der Waals surface area (Å²) in [4.78, 5) is 12.2. The average molecular weight is 379 g/mol. The first-order valence-electron chi connectivity index (χ1n) is 7.54. The highest BCUT2D eigenvalue weighted by atomic mass is 32.2. The van der Waals surface area contributed by atoms with Crippen LogP contribution in [-0.2, 0) is 4.79 Å². The molecule has 1 amide bonds. The molecule has 0 spiro atoms. The van der Waals surface area contributed by atoms with E-state index in [1.165, 1.54) is 10.9 Å². The summed E-state index contributed by atoms with van der Waals surface area (Å²) in [7, 11) is 0.